The van der Waals surface area contributed by atoms with Crippen LogP contribution in [0.5, 0.6) is 5.75 Å². The second-order valence-corrected chi connectivity index (χ2v) is 8.10. The lowest BCUT2D eigenvalue weighted by atomic mass is 10.0. The molecule has 166 valence electrons. The van der Waals surface area contributed by atoms with Gasteiger partial charge in [-0.2, -0.15) is 0 Å². The normalized spacial score (nSPS) is 16.5. The summed E-state index contributed by atoms with van der Waals surface area (Å²) >= 11 is 0. The van der Waals surface area contributed by atoms with Crippen LogP contribution in [0.4, 0.5) is 0 Å². The molecule has 4 rings (SSSR count). The van der Waals surface area contributed by atoms with E-state index >= 15 is 0 Å². The molecule has 1 aromatic carbocycles. The minimum absolute atomic E-state index is 0.150. The highest BCUT2D eigenvalue weighted by Gasteiger charge is 2.27. The van der Waals surface area contributed by atoms with E-state index < -0.39 is 0 Å². The summed E-state index contributed by atoms with van der Waals surface area (Å²) in [6.45, 7) is 4.12. The molecule has 1 fully saturated rings. The molecular weight excluding hydrogens is 402 g/mol. The van der Waals surface area contributed by atoms with E-state index in [9.17, 15) is 4.79 Å². The third-order valence-electron chi connectivity index (χ3n) is 5.85. The first kappa shape index (κ1) is 21.9. The predicted molar refractivity (Wildman–Crippen MR) is 122 cm³/mol. The van der Waals surface area contributed by atoms with Gasteiger partial charge in [0.1, 0.15) is 11.6 Å². The molecular formula is C25H29N5O2. The minimum atomic E-state index is -0.173. The fraction of sp³-hybridized carbons (Fsp3) is 0.360. The summed E-state index contributed by atoms with van der Waals surface area (Å²) in [5.74, 6) is 1.38. The largest absolute Gasteiger partial charge is 0.497 e. The van der Waals surface area contributed by atoms with Gasteiger partial charge in [-0.25, -0.2) is 9.97 Å². The Bertz CT molecular complexity index is 1060. The molecule has 1 saturated heterocycles. The summed E-state index contributed by atoms with van der Waals surface area (Å²) in [5.41, 5.74) is 3.36. The Morgan fingerprint density at radius 2 is 2.06 bits per heavy atom. The maximum absolute atomic E-state index is 12.7. The van der Waals surface area contributed by atoms with Crippen LogP contribution in [0.3, 0.4) is 0 Å². The van der Waals surface area contributed by atoms with Gasteiger partial charge >= 0.3 is 0 Å². The van der Waals surface area contributed by atoms with Gasteiger partial charge in [-0.3, -0.25) is 14.7 Å². The average molecular weight is 432 g/mol. The Labute approximate surface area is 188 Å². The van der Waals surface area contributed by atoms with Crippen LogP contribution in [0.25, 0.3) is 0 Å². The van der Waals surface area contributed by atoms with Crippen LogP contribution >= 0.6 is 0 Å². The number of amides is 1. The number of nitrogens with one attached hydrogen (secondary N) is 1. The summed E-state index contributed by atoms with van der Waals surface area (Å²) in [6.07, 6.45) is 8.70. The van der Waals surface area contributed by atoms with Crippen LogP contribution < -0.4 is 10.1 Å². The number of carbonyl (C=O) groups excluding carboxylic acids is 1. The van der Waals surface area contributed by atoms with Crippen molar-refractivity contribution in [3.63, 3.8) is 0 Å². The van der Waals surface area contributed by atoms with E-state index in [1.807, 2.05) is 43.5 Å². The SMILES string of the molecule is COc1cccc(CNC(=O)c2cnc([C@@H]3CCCCN3Cc3cccnc3)nc2C)c1. The van der Waals surface area contributed by atoms with Crippen molar-refractivity contribution in [3.05, 3.63) is 83.2 Å². The molecule has 1 aliphatic rings. The van der Waals surface area contributed by atoms with Crippen molar-refractivity contribution >= 4 is 5.91 Å². The van der Waals surface area contributed by atoms with Crippen LogP contribution in [0, 0.1) is 6.92 Å². The van der Waals surface area contributed by atoms with E-state index in [1.165, 1.54) is 12.0 Å². The molecule has 1 amide bonds. The fourth-order valence-electron chi connectivity index (χ4n) is 4.13. The highest BCUT2D eigenvalue weighted by atomic mass is 16.5. The van der Waals surface area contributed by atoms with Gasteiger partial charge < -0.3 is 10.1 Å². The summed E-state index contributed by atoms with van der Waals surface area (Å²) in [7, 11) is 1.63. The van der Waals surface area contributed by atoms with E-state index in [0.717, 1.165) is 43.1 Å². The van der Waals surface area contributed by atoms with Crippen LogP contribution in [0.2, 0.25) is 0 Å². The molecule has 0 spiro atoms. The van der Waals surface area contributed by atoms with Crippen molar-refractivity contribution in [1.82, 2.24) is 25.2 Å². The lowest BCUT2D eigenvalue weighted by Gasteiger charge is -2.34. The molecule has 1 aliphatic heterocycles. The molecule has 1 N–H and O–H groups in total. The number of benzene rings is 1. The fourth-order valence-corrected chi connectivity index (χ4v) is 4.13. The van der Waals surface area contributed by atoms with E-state index in [4.69, 9.17) is 9.72 Å². The monoisotopic (exact) mass is 431 g/mol. The molecule has 0 bridgehead atoms. The number of hydrogen-bond acceptors (Lipinski definition) is 6. The highest BCUT2D eigenvalue weighted by Crippen LogP contribution is 2.30. The second-order valence-electron chi connectivity index (χ2n) is 8.10. The Kier molecular flexibility index (Phi) is 7.07. The van der Waals surface area contributed by atoms with Crippen molar-refractivity contribution in [2.24, 2.45) is 0 Å². The summed E-state index contributed by atoms with van der Waals surface area (Å²) < 4.78 is 5.24. The number of piperidine rings is 1. The second kappa shape index (κ2) is 10.3. The maximum atomic E-state index is 12.7. The molecule has 7 nitrogen and oxygen atoms in total. The zero-order chi connectivity index (χ0) is 22.3. The van der Waals surface area contributed by atoms with Crippen LogP contribution in [-0.2, 0) is 13.1 Å². The predicted octanol–water partition coefficient (Wildman–Crippen LogP) is 3.85. The lowest BCUT2D eigenvalue weighted by molar-refractivity contribution is 0.0948. The smallest absolute Gasteiger partial charge is 0.254 e. The van der Waals surface area contributed by atoms with Gasteiger partial charge in [0.2, 0.25) is 0 Å². The molecule has 0 saturated carbocycles. The first-order chi connectivity index (χ1) is 15.6. The molecule has 3 aromatic rings. The number of likely N-dealkylation sites (tertiary alicyclic amines) is 1. The summed E-state index contributed by atoms with van der Waals surface area (Å²) in [5, 5.41) is 2.96. The van der Waals surface area contributed by atoms with Gasteiger partial charge in [0.15, 0.2) is 0 Å². The Morgan fingerprint density at radius 1 is 1.19 bits per heavy atom. The van der Waals surface area contributed by atoms with E-state index in [0.29, 0.717) is 17.8 Å². The van der Waals surface area contributed by atoms with Crippen LogP contribution in [0.1, 0.15) is 58.3 Å². The van der Waals surface area contributed by atoms with Crippen molar-refractivity contribution < 1.29 is 9.53 Å². The molecule has 0 unspecified atom stereocenters. The van der Waals surface area contributed by atoms with Gasteiger partial charge in [-0.1, -0.05) is 24.6 Å². The number of pyridine rings is 1. The van der Waals surface area contributed by atoms with Crippen LogP contribution in [0.15, 0.2) is 55.0 Å². The van der Waals surface area contributed by atoms with Crippen molar-refractivity contribution in [2.45, 2.75) is 45.3 Å². The number of ether oxygens (including phenoxy) is 1. The topological polar surface area (TPSA) is 80.2 Å². The Hall–Kier alpha value is -3.32. The van der Waals surface area contributed by atoms with Gasteiger partial charge in [0.05, 0.1) is 24.4 Å². The lowest BCUT2D eigenvalue weighted by Crippen LogP contribution is -2.34. The molecule has 7 heteroatoms. The summed E-state index contributed by atoms with van der Waals surface area (Å²) in [4.78, 5) is 28.7. The third kappa shape index (κ3) is 5.29. The zero-order valence-corrected chi connectivity index (χ0v) is 18.6. The maximum Gasteiger partial charge on any atom is 0.254 e. The number of methoxy groups -OCH3 is 1. The first-order valence-corrected chi connectivity index (χ1v) is 11.0. The van der Waals surface area contributed by atoms with E-state index in [1.54, 1.807) is 19.5 Å². The molecule has 3 heterocycles. The quantitative estimate of drug-likeness (QED) is 0.612. The van der Waals surface area contributed by atoms with Crippen molar-refractivity contribution in [3.8, 4) is 5.75 Å². The van der Waals surface area contributed by atoms with Gasteiger partial charge in [0.25, 0.3) is 5.91 Å². The Morgan fingerprint density at radius 3 is 2.84 bits per heavy atom. The molecule has 0 radical (unpaired) electrons. The van der Waals surface area contributed by atoms with Gasteiger partial charge in [0, 0.05) is 31.7 Å². The molecule has 32 heavy (non-hydrogen) atoms. The summed E-state index contributed by atoms with van der Waals surface area (Å²) in [6, 6.07) is 11.9. The van der Waals surface area contributed by atoms with E-state index in [-0.39, 0.29) is 11.9 Å². The third-order valence-corrected chi connectivity index (χ3v) is 5.85. The molecule has 0 aliphatic carbocycles. The van der Waals surface area contributed by atoms with Gasteiger partial charge in [-0.15, -0.1) is 0 Å². The number of aryl methyl sites for hydroxylation is 1. The first-order valence-electron chi connectivity index (χ1n) is 11.0. The van der Waals surface area contributed by atoms with Crippen molar-refractivity contribution in [2.75, 3.05) is 13.7 Å². The highest BCUT2D eigenvalue weighted by molar-refractivity contribution is 5.94. The number of carbonyl (C=O) groups is 1. The Balaban J connectivity index is 1.44. The number of nitrogens with zero attached hydrogens (tertiary/aromatic N) is 4. The molecule has 2 aromatic heterocycles. The number of hydrogen-bond donors (Lipinski definition) is 1. The van der Waals surface area contributed by atoms with Crippen molar-refractivity contribution in [1.29, 1.82) is 0 Å². The van der Waals surface area contributed by atoms with Crippen LogP contribution in [-0.4, -0.2) is 39.4 Å². The average Bonchev–Trinajstić information content (AvgIpc) is 2.83. The van der Waals surface area contributed by atoms with E-state index in [2.05, 4.69) is 26.3 Å². The number of aromatic nitrogens is 3. The van der Waals surface area contributed by atoms with Gasteiger partial charge in [-0.05, 0) is 55.6 Å². The zero-order valence-electron chi connectivity index (χ0n) is 18.6. The minimum Gasteiger partial charge on any atom is -0.497 e. The standard InChI is InChI=1S/C25H29N5O2/c1-18-22(25(31)28-15-19-7-5-9-21(13-19)32-2)16-27-24(29-18)23-10-3-4-12-30(23)17-20-8-6-11-26-14-20/h5-9,11,13-14,16,23H,3-4,10,12,15,17H2,1-2H3,(H,28,31)/t23-/m0/s1. The molecule has 1 atom stereocenters. The number of rotatable bonds is 7.